The minimum atomic E-state index is -4.38. The van der Waals surface area contributed by atoms with E-state index in [4.69, 9.17) is 5.73 Å². The monoisotopic (exact) mass is 252 g/mol. The molecule has 0 aliphatic heterocycles. The van der Waals surface area contributed by atoms with Gasteiger partial charge in [-0.1, -0.05) is 19.8 Å². The molecule has 1 fully saturated rings. The van der Waals surface area contributed by atoms with Gasteiger partial charge in [0.25, 0.3) is 0 Å². The molecule has 17 heavy (non-hydrogen) atoms. The van der Waals surface area contributed by atoms with Gasteiger partial charge in [0.1, 0.15) is 6.04 Å². The summed E-state index contributed by atoms with van der Waals surface area (Å²) in [7, 11) is 0. The number of carbonyl (C=O) groups excluding carboxylic acids is 1. The van der Waals surface area contributed by atoms with E-state index in [2.05, 4.69) is 5.32 Å². The maximum Gasteiger partial charge on any atom is 0.408 e. The highest BCUT2D eigenvalue weighted by atomic mass is 19.4. The van der Waals surface area contributed by atoms with Gasteiger partial charge in [-0.15, -0.1) is 0 Å². The lowest BCUT2D eigenvalue weighted by molar-refractivity contribution is -0.172. The molecular formula is C11H19F3N2O. The molecular weight excluding hydrogens is 233 g/mol. The zero-order valence-corrected chi connectivity index (χ0v) is 9.89. The molecule has 1 aliphatic carbocycles. The fourth-order valence-corrected chi connectivity index (χ4v) is 2.16. The van der Waals surface area contributed by atoms with Crippen molar-refractivity contribution in [2.75, 3.05) is 6.54 Å². The van der Waals surface area contributed by atoms with Gasteiger partial charge in [-0.3, -0.25) is 4.79 Å². The van der Waals surface area contributed by atoms with Gasteiger partial charge in [-0.05, 0) is 18.8 Å². The summed E-state index contributed by atoms with van der Waals surface area (Å²) in [5.41, 5.74) is 5.27. The summed E-state index contributed by atoms with van der Waals surface area (Å²) in [5, 5.41) is 2.11. The Bertz CT molecular complexity index is 262. The highest BCUT2D eigenvalue weighted by Gasteiger charge is 2.46. The van der Waals surface area contributed by atoms with Crippen LogP contribution in [0, 0.1) is 11.8 Å². The lowest BCUT2D eigenvalue weighted by Crippen LogP contribution is -2.51. The van der Waals surface area contributed by atoms with Crippen LogP contribution in [0.25, 0.3) is 0 Å². The lowest BCUT2D eigenvalue weighted by atomic mass is 9.97. The zero-order chi connectivity index (χ0) is 13.1. The van der Waals surface area contributed by atoms with E-state index in [0.29, 0.717) is 12.8 Å². The molecule has 0 aromatic rings. The Balaban J connectivity index is 2.67. The number of alkyl halides is 3. The average Bonchev–Trinajstić information content (AvgIpc) is 2.75. The molecule has 1 saturated carbocycles. The molecule has 2 unspecified atom stereocenters. The highest BCUT2D eigenvalue weighted by Crippen LogP contribution is 2.35. The van der Waals surface area contributed by atoms with Crippen molar-refractivity contribution in [3.05, 3.63) is 0 Å². The molecule has 100 valence electrons. The van der Waals surface area contributed by atoms with Gasteiger partial charge in [-0.2, -0.15) is 13.2 Å². The Kier molecular flexibility index (Phi) is 4.80. The second kappa shape index (κ2) is 5.71. The van der Waals surface area contributed by atoms with Crippen LogP contribution in [0.15, 0.2) is 0 Å². The van der Waals surface area contributed by atoms with E-state index in [1.165, 1.54) is 6.92 Å². The predicted molar refractivity (Wildman–Crippen MR) is 58.2 cm³/mol. The van der Waals surface area contributed by atoms with Gasteiger partial charge < -0.3 is 11.1 Å². The third-order valence-corrected chi connectivity index (χ3v) is 3.32. The van der Waals surface area contributed by atoms with Crippen LogP contribution in [0.3, 0.4) is 0 Å². The summed E-state index contributed by atoms with van der Waals surface area (Å²) in [4.78, 5) is 11.5. The Labute approximate surface area is 98.9 Å². The molecule has 0 aromatic carbocycles. The number of hydrogen-bond donors (Lipinski definition) is 2. The number of carbonyl (C=O) groups is 1. The van der Waals surface area contributed by atoms with Crippen molar-refractivity contribution in [3.8, 4) is 0 Å². The number of nitrogens with two attached hydrogens (primary N) is 1. The van der Waals surface area contributed by atoms with Crippen molar-refractivity contribution in [3.63, 3.8) is 0 Å². The number of nitrogens with one attached hydrogen (secondary N) is 1. The van der Waals surface area contributed by atoms with Gasteiger partial charge in [-0.25, -0.2) is 0 Å². The maximum absolute atomic E-state index is 12.9. The van der Waals surface area contributed by atoms with E-state index in [1.807, 2.05) is 0 Å². The predicted octanol–water partition coefficient (Wildman–Crippen LogP) is 1.82. The Morgan fingerprint density at radius 1 is 1.41 bits per heavy atom. The first-order valence-electron chi connectivity index (χ1n) is 5.93. The first kappa shape index (κ1) is 14.3. The van der Waals surface area contributed by atoms with E-state index >= 15 is 0 Å². The number of hydrogen-bond acceptors (Lipinski definition) is 2. The minimum absolute atomic E-state index is 0.0566. The SMILES string of the molecule is CC(CN)C(=O)NC(C1CCCC1)C(F)(F)F. The molecule has 0 heterocycles. The van der Waals surface area contributed by atoms with Crippen molar-refractivity contribution < 1.29 is 18.0 Å². The fourth-order valence-electron chi connectivity index (χ4n) is 2.16. The number of halogens is 3. The van der Waals surface area contributed by atoms with E-state index in [9.17, 15) is 18.0 Å². The van der Waals surface area contributed by atoms with Gasteiger partial charge in [0, 0.05) is 12.5 Å². The first-order valence-corrected chi connectivity index (χ1v) is 5.93. The summed E-state index contributed by atoms with van der Waals surface area (Å²) in [6.07, 6.45) is -1.71. The van der Waals surface area contributed by atoms with Crippen molar-refractivity contribution in [2.24, 2.45) is 17.6 Å². The van der Waals surface area contributed by atoms with Crippen molar-refractivity contribution >= 4 is 5.91 Å². The molecule has 3 nitrogen and oxygen atoms in total. The molecule has 1 rings (SSSR count). The molecule has 0 radical (unpaired) electrons. The van der Waals surface area contributed by atoms with Crippen LogP contribution >= 0.6 is 0 Å². The quantitative estimate of drug-likeness (QED) is 0.801. The van der Waals surface area contributed by atoms with Crippen molar-refractivity contribution in [2.45, 2.75) is 44.8 Å². The van der Waals surface area contributed by atoms with Crippen LogP contribution in [0.5, 0.6) is 0 Å². The molecule has 0 aromatic heterocycles. The normalized spacial score (nSPS) is 21.2. The van der Waals surface area contributed by atoms with Crippen LogP contribution in [-0.4, -0.2) is 24.7 Å². The van der Waals surface area contributed by atoms with Crippen molar-refractivity contribution in [1.82, 2.24) is 5.32 Å². The summed E-state index contributed by atoms with van der Waals surface area (Å²) < 4.78 is 38.6. The average molecular weight is 252 g/mol. The Hall–Kier alpha value is -0.780. The van der Waals surface area contributed by atoms with Gasteiger partial charge in [0.05, 0.1) is 0 Å². The third-order valence-electron chi connectivity index (χ3n) is 3.32. The van der Waals surface area contributed by atoms with Gasteiger partial charge in [0.15, 0.2) is 0 Å². The van der Waals surface area contributed by atoms with Crippen LogP contribution in [-0.2, 0) is 4.79 Å². The number of amides is 1. The van der Waals surface area contributed by atoms with E-state index in [0.717, 1.165) is 12.8 Å². The topological polar surface area (TPSA) is 55.1 Å². The summed E-state index contributed by atoms with van der Waals surface area (Å²) in [6, 6.07) is -1.72. The van der Waals surface area contributed by atoms with Crippen molar-refractivity contribution in [1.29, 1.82) is 0 Å². The maximum atomic E-state index is 12.9. The largest absolute Gasteiger partial charge is 0.408 e. The van der Waals surface area contributed by atoms with E-state index < -0.39 is 30.0 Å². The van der Waals surface area contributed by atoms with Gasteiger partial charge >= 0.3 is 6.18 Å². The number of rotatable bonds is 4. The van der Waals surface area contributed by atoms with Crippen LogP contribution in [0.2, 0.25) is 0 Å². The molecule has 0 bridgehead atoms. The van der Waals surface area contributed by atoms with E-state index in [-0.39, 0.29) is 6.54 Å². The fraction of sp³-hybridized carbons (Fsp3) is 0.909. The second-order valence-electron chi connectivity index (χ2n) is 4.71. The summed E-state index contributed by atoms with van der Waals surface area (Å²) in [6.45, 7) is 1.58. The van der Waals surface area contributed by atoms with Gasteiger partial charge in [0.2, 0.25) is 5.91 Å². The molecule has 0 saturated heterocycles. The second-order valence-corrected chi connectivity index (χ2v) is 4.71. The Morgan fingerprint density at radius 3 is 2.35 bits per heavy atom. The minimum Gasteiger partial charge on any atom is -0.344 e. The molecule has 2 atom stereocenters. The molecule has 1 amide bonds. The van der Waals surface area contributed by atoms with Crippen LogP contribution < -0.4 is 11.1 Å². The first-order chi connectivity index (χ1) is 7.86. The van der Waals surface area contributed by atoms with E-state index in [1.54, 1.807) is 0 Å². The zero-order valence-electron chi connectivity index (χ0n) is 9.89. The third kappa shape index (κ3) is 3.87. The van der Waals surface area contributed by atoms with Crippen LogP contribution in [0.4, 0.5) is 13.2 Å². The summed E-state index contributed by atoms with van der Waals surface area (Å²) >= 11 is 0. The molecule has 6 heteroatoms. The standard InChI is InChI=1S/C11H19F3N2O/c1-7(6-15)10(17)16-9(11(12,13)14)8-4-2-3-5-8/h7-9H,2-6,15H2,1H3,(H,16,17). The summed E-state index contributed by atoms with van der Waals surface area (Å²) in [5.74, 6) is -1.67. The smallest absolute Gasteiger partial charge is 0.344 e. The molecule has 0 spiro atoms. The van der Waals surface area contributed by atoms with Crippen LogP contribution in [0.1, 0.15) is 32.6 Å². The highest BCUT2D eigenvalue weighted by molar-refractivity contribution is 5.78. The lowest BCUT2D eigenvalue weighted by Gasteiger charge is -2.28. The molecule has 1 aliphatic rings. The Morgan fingerprint density at radius 2 is 1.94 bits per heavy atom. The molecule has 3 N–H and O–H groups in total.